The summed E-state index contributed by atoms with van der Waals surface area (Å²) in [6.07, 6.45) is 0. The van der Waals surface area contributed by atoms with Crippen LogP contribution in [0.5, 0.6) is 0 Å². The number of anilines is 3. The number of nitrogen functional groups attached to an aromatic ring is 1. The predicted octanol–water partition coefficient (Wildman–Crippen LogP) is -3.14. The molecule has 13 heteroatoms. The van der Waals surface area contributed by atoms with Gasteiger partial charge in [0.2, 0.25) is 5.95 Å². The molecule has 1 fully saturated rings. The maximum Gasteiger partial charge on any atom is 1.00 e. The number of aromatic nitrogens is 2. The van der Waals surface area contributed by atoms with E-state index in [0.29, 0.717) is 11.5 Å². The minimum Gasteiger partial charge on any atom is -1.00 e. The normalized spacial score (nSPS) is 27.0. The molecule has 0 aliphatic carbocycles. The van der Waals surface area contributed by atoms with Crippen molar-refractivity contribution in [3.8, 4) is 0 Å². The van der Waals surface area contributed by atoms with Crippen LogP contribution in [0, 0.1) is 0 Å². The number of hydroxylamine groups is 1. The largest absolute Gasteiger partial charge is 1.00 e. The van der Waals surface area contributed by atoms with Gasteiger partial charge in [-0.25, -0.2) is 5.06 Å². The first-order chi connectivity index (χ1) is 9.94. The third-order valence-electron chi connectivity index (χ3n) is 2.91. The van der Waals surface area contributed by atoms with Crippen LogP contribution in [0.25, 0.3) is 0 Å². The Bertz CT molecular complexity index is 654. The second-order valence-corrected chi connectivity index (χ2v) is 8.08. The van der Waals surface area contributed by atoms with Crippen LogP contribution in [-0.2, 0) is 13.9 Å². The van der Waals surface area contributed by atoms with E-state index < -0.39 is 7.60 Å². The number of nitrogens with one attached hydrogen (secondary N) is 2. The summed E-state index contributed by atoms with van der Waals surface area (Å²) in [7, 11) is -3.43. The molecule has 0 saturated carbocycles. The second-order valence-electron chi connectivity index (χ2n) is 4.51. The molecule has 0 bridgehead atoms. The maximum atomic E-state index is 11.7. The molecule has 3 heterocycles. The number of rotatable bonds is 3. The van der Waals surface area contributed by atoms with Crippen molar-refractivity contribution < 1.29 is 49.8 Å². The van der Waals surface area contributed by atoms with Crippen LogP contribution >= 0.6 is 19.4 Å². The van der Waals surface area contributed by atoms with E-state index in [1.165, 1.54) is 16.8 Å². The average molecular weight is 359 g/mol. The molecule has 3 rings (SSSR count). The standard InChI is InChI=1S/C9H14N5O5PS.Na.H/c10-9-12-7-6(8(15)13-9)11-3-14(7)18-1-5-2-19-20(16,17)4-21-5;;/h5,11H,1-4H2,(H,16,17)(H3,10,12,13,15);;/q;+1;-1. The Kier molecular flexibility index (Phi) is 5.84. The molecule has 2 aliphatic heterocycles. The van der Waals surface area contributed by atoms with Gasteiger partial charge in [-0.1, -0.05) is 0 Å². The Morgan fingerprint density at radius 2 is 2.45 bits per heavy atom. The summed E-state index contributed by atoms with van der Waals surface area (Å²) in [5.74, 6) is 0.332. The van der Waals surface area contributed by atoms with E-state index in [1.54, 1.807) is 0 Å². The number of fused-ring (bicyclic) bond motifs is 1. The summed E-state index contributed by atoms with van der Waals surface area (Å²) in [5, 5.41) is 4.22. The summed E-state index contributed by atoms with van der Waals surface area (Å²) in [4.78, 5) is 32.9. The van der Waals surface area contributed by atoms with Gasteiger partial charge in [-0.3, -0.25) is 19.2 Å². The fourth-order valence-corrected chi connectivity index (χ4v) is 4.63. The van der Waals surface area contributed by atoms with E-state index in [-0.39, 0.29) is 73.1 Å². The number of H-pyrrole nitrogens is 1. The molecule has 1 aromatic heterocycles. The molecule has 0 spiro atoms. The van der Waals surface area contributed by atoms with E-state index >= 15 is 0 Å². The van der Waals surface area contributed by atoms with E-state index in [9.17, 15) is 14.3 Å². The third kappa shape index (κ3) is 3.98. The molecule has 0 aromatic carbocycles. The number of hydrogen-bond donors (Lipinski definition) is 4. The van der Waals surface area contributed by atoms with Crippen molar-refractivity contribution in [2.75, 3.05) is 41.5 Å². The zero-order chi connectivity index (χ0) is 15.0. The van der Waals surface area contributed by atoms with Gasteiger partial charge in [-0.05, 0) is 0 Å². The van der Waals surface area contributed by atoms with Crippen LogP contribution in [0.4, 0.5) is 17.5 Å². The van der Waals surface area contributed by atoms with Gasteiger partial charge < -0.3 is 21.9 Å². The van der Waals surface area contributed by atoms with Crippen LogP contribution in [-0.4, -0.2) is 45.5 Å². The van der Waals surface area contributed by atoms with Crippen LogP contribution in [0.15, 0.2) is 4.79 Å². The molecule has 2 aliphatic rings. The zero-order valence-electron chi connectivity index (χ0n) is 12.8. The molecule has 2 atom stereocenters. The topological polar surface area (TPSA) is 143 Å². The quantitative estimate of drug-likeness (QED) is 0.323. The van der Waals surface area contributed by atoms with Crippen molar-refractivity contribution in [1.82, 2.24) is 9.97 Å². The minimum atomic E-state index is -3.43. The first-order valence-electron chi connectivity index (χ1n) is 6.07. The van der Waals surface area contributed by atoms with Gasteiger partial charge in [0.1, 0.15) is 12.4 Å². The molecule has 118 valence electrons. The molecular formula is C9H15N5NaO5PS. The molecule has 2 unspecified atom stereocenters. The van der Waals surface area contributed by atoms with E-state index in [1.807, 2.05) is 0 Å². The third-order valence-corrected chi connectivity index (χ3v) is 6.10. The van der Waals surface area contributed by atoms with Crippen molar-refractivity contribution in [2.45, 2.75) is 5.25 Å². The SMILES string of the molecule is Nc1nc2c(c(=O)[nH]1)NCN2OCC1COP(=O)(O)CS1.[H-].[Na+]. The molecule has 10 nitrogen and oxygen atoms in total. The van der Waals surface area contributed by atoms with Crippen molar-refractivity contribution in [2.24, 2.45) is 0 Å². The number of aromatic amines is 1. The van der Waals surface area contributed by atoms with Crippen LogP contribution in [0.2, 0.25) is 0 Å². The van der Waals surface area contributed by atoms with Gasteiger partial charge in [0.25, 0.3) is 5.56 Å². The second kappa shape index (κ2) is 7.10. The molecule has 5 N–H and O–H groups in total. The van der Waals surface area contributed by atoms with Gasteiger partial charge in [-0.2, -0.15) is 4.98 Å². The first kappa shape index (κ1) is 18.1. The molecule has 0 amide bonds. The molecule has 1 saturated heterocycles. The van der Waals surface area contributed by atoms with Crippen molar-refractivity contribution >= 4 is 36.8 Å². The zero-order valence-corrected chi connectivity index (χ0v) is 15.5. The summed E-state index contributed by atoms with van der Waals surface area (Å²) in [5.41, 5.74) is 5.49. The number of thioether (sulfide) groups is 1. The minimum absolute atomic E-state index is 0. The Morgan fingerprint density at radius 3 is 3.14 bits per heavy atom. The summed E-state index contributed by atoms with van der Waals surface area (Å²) in [6.45, 7) is 0.670. The van der Waals surface area contributed by atoms with Crippen molar-refractivity contribution in [3.05, 3.63) is 10.4 Å². The van der Waals surface area contributed by atoms with Gasteiger partial charge in [0.05, 0.1) is 24.0 Å². The van der Waals surface area contributed by atoms with E-state index in [0.717, 1.165) is 0 Å². The number of nitrogens with zero attached hydrogens (tertiary/aromatic N) is 2. The first-order valence-corrected chi connectivity index (χ1v) is 8.88. The van der Waals surface area contributed by atoms with Crippen molar-refractivity contribution in [1.29, 1.82) is 0 Å². The fraction of sp³-hybridized carbons (Fsp3) is 0.556. The van der Waals surface area contributed by atoms with Crippen LogP contribution < -0.4 is 51.2 Å². The summed E-state index contributed by atoms with van der Waals surface area (Å²) in [6, 6.07) is 0. The molecular weight excluding hydrogens is 344 g/mol. The van der Waals surface area contributed by atoms with Gasteiger partial charge in [0, 0.05) is 0 Å². The Hall–Kier alpha value is -0.260. The molecule has 0 radical (unpaired) electrons. The van der Waals surface area contributed by atoms with E-state index in [4.69, 9.17) is 15.1 Å². The maximum absolute atomic E-state index is 11.7. The molecule has 22 heavy (non-hydrogen) atoms. The summed E-state index contributed by atoms with van der Waals surface area (Å²) >= 11 is 1.32. The monoisotopic (exact) mass is 359 g/mol. The van der Waals surface area contributed by atoms with E-state index in [2.05, 4.69) is 15.3 Å². The van der Waals surface area contributed by atoms with Gasteiger partial charge >= 0.3 is 37.2 Å². The summed E-state index contributed by atoms with van der Waals surface area (Å²) < 4.78 is 16.2. The number of hydrogen-bond acceptors (Lipinski definition) is 9. The smallest absolute Gasteiger partial charge is 1.00 e. The van der Waals surface area contributed by atoms with Gasteiger partial charge in [0.15, 0.2) is 5.82 Å². The Balaban J connectivity index is 0.00000132. The predicted molar refractivity (Wildman–Crippen MR) is 79.3 cm³/mol. The van der Waals surface area contributed by atoms with Crippen LogP contribution in [0.3, 0.4) is 0 Å². The van der Waals surface area contributed by atoms with Crippen LogP contribution in [0.1, 0.15) is 1.43 Å². The Morgan fingerprint density at radius 1 is 1.68 bits per heavy atom. The number of nitrogens with two attached hydrogens (primary N) is 1. The average Bonchev–Trinajstić information content (AvgIpc) is 2.81. The molecule has 1 aromatic rings. The van der Waals surface area contributed by atoms with Crippen molar-refractivity contribution in [3.63, 3.8) is 0 Å². The Labute approximate surface area is 153 Å². The fourth-order valence-electron chi connectivity index (χ4n) is 1.90. The van der Waals surface area contributed by atoms with Gasteiger partial charge in [-0.15, -0.1) is 11.8 Å².